The van der Waals surface area contributed by atoms with E-state index in [-0.39, 0.29) is 29.6 Å². The molecule has 1 unspecified atom stereocenters. The maximum absolute atomic E-state index is 12.6. The van der Waals surface area contributed by atoms with E-state index in [0.29, 0.717) is 17.9 Å². The van der Waals surface area contributed by atoms with Gasteiger partial charge in [0.05, 0.1) is 5.92 Å². The Kier molecular flexibility index (Phi) is 5.73. The molecular formula is C23H27N3O3. The van der Waals surface area contributed by atoms with Crippen LogP contribution in [-0.2, 0) is 19.8 Å². The number of carbonyl (C=O) groups excluding carboxylic acids is 3. The summed E-state index contributed by atoms with van der Waals surface area (Å²) in [4.78, 5) is 37.9. The third-order valence-electron chi connectivity index (χ3n) is 5.01. The Morgan fingerprint density at radius 1 is 0.931 bits per heavy atom. The monoisotopic (exact) mass is 393 g/mol. The van der Waals surface area contributed by atoms with Gasteiger partial charge in [0.15, 0.2) is 0 Å². The van der Waals surface area contributed by atoms with E-state index < -0.39 is 5.92 Å². The SMILES string of the molecule is CC(=O)Nc1ccc(NC(=O)C2CC(=O)N(c3ccc(C(C)(C)C)cc3)C2)cc1. The Morgan fingerprint density at radius 2 is 1.48 bits per heavy atom. The van der Waals surface area contributed by atoms with E-state index in [0.717, 1.165) is 5.69 Å². The van der Waals surface area contributed by atoms with Crippen molar-refractivity contribution < 1.29 is 14.4 Å². The van der Waals surface area contributed by atoms with Crippen molar-refractivity contribution >= 4 is 34.8 Å². The number of rotatable bonds is 4. The smallest absolute Gasteiger partial charge is 0.229 e. The quantitative estimate of drug-likeness (QED) is 0.826. The van der Waals surface area contributed by atoms with Gasteiger partial charge in [-0.3, -0.25) is 14.4 Å². The number of carbonyl (C=O) groups is 3. The first-order valence-electron chi connectivity index (χ1n) is 9.73. The normalized spacial score (nSPS) is 16.6. The number of nitrogens with zero attached hydrogens (tertiary/aromatic N) is 1. The van der Waals surface area contributed by atoms with E-state index >= 15 is 0 Å². The fourth-order valence-corrected chi connectivity index (χ4v) is 3.36. The standard InChI is InChI=1S/C23H27N3O3/c1-15(27)24-18-7-9-19(10-8-18)25-22(29)16-13-21(28)26(14-16)20-11-5-17(6-12-20)23(2,3)4/h5-12,16H,13-14H2,1-4H3,(H,24,27)(H,25,29). The molecule has 0 saturated carbocycles. The van der Waals surface area contributed by atoms with E-state index in [4.69, 9.17) is 0 Å². The highest BCUT2D eigenvalue weighted by molar-refractivity contribution is 6.03. The van der Waals surface area contributed by atoms with Crippen LogP contribution in [0.15, 0.2) is 48.5 Å². The number of hydrogen-bond acceptors (Lipinski definition) is 3. The van der Waals surface area contributed by atoms with E-state index in [9.17, 15) is 14.4 Å². The highest BCUT2D eigenvalue weighted by atomic mass is 16.2. The topological polar surface area (TPSA) is 78.5 Å². The lowest BCUT2D eigenvalue weighted by atomic mass is 9.87. The zero-order valence-corrected chi connectivity index (χ0v) is 17.3. The summed E-state index contributed by atoms with van der Waals surface area (Å²) < 4.78 is 0. The van der Waals surface area contributed by atoms with Gasteiger partial charge in [-0.1, -0.05) is 32.9 Å². The van der Waals surface area contributed by atoms with Crippen molar-refractivity contribution in [1.29, 1.82) is 0 Å². The van der Waals surface area contributed by atoms with Gasteiger partial charge in [-0.25, -0.2) is 0 Å². The van der Waals surface area contributed by atoms with Crippen LogP contribution in [0.1, 0.15) is 39.7 Å². The first kappa shape index (κ1) is 20.6. The third kappa shape index (κ3) is 5.02. The average molecular weight is 393 g/mol. The maximum Gasteiger partial charge on any atom is 0.229 e. The molecule has 1 fully saturated rings. The van der Waals surface area contributed by atoms with Gasteiger partial charge in [0.1, 0.15) is 0 Å². The van der Waals surface area contributed by atoms with Gasteiger partial charge in [0.2, 0.25) is 17.7 Å². The summed E-state index contributed by atoms with van der Waals surface area (Å²) in [5.74, 6) is -0.782. The molecule has 29 heavy (non-hydrogen) atoms. The van der Waals surface area contributed by atoms with Gasteiger partial charge in [0.25, 0.3) is 0 Å². The molecule has 2 aromatic carbocycles. The Bertz CT molecular complexity index is 912. The Morgan fingerprint density at radius 3 is 2.00 bits per heavy atom. The lowest BCUT2D eigenvalue weighted by Gasteiger charge is -2.21. The van der Waals surface area contributed by atoms with Crippen molar-refractivity contribution in [2.24, 2.45) is 5.92 Å². The Labute approximate surface area is 171 Å². The van der Waals surface area contributed by atoms with Crippen LogP contribution in [0.3, 0.4) is 0 Å². The molecule has 1 heterocycles. The second-order valence-corrected chi connectivity index (χ2v) is 8.45. The molecule has 1 saturated heterocycles. The highest BCUT2D eigenvalue weighted by Gasteiger charge is 2.35. The lowest BCUT2D eigenvalue weighted by molar-refractivity contribution is -0.122. The van der Waals surface area contributed by atoms with Crippen LogP contribution in [-0.4, -0.2) is 24.3 Å². The molecule has 6 heteroatoms. The molecule has 2 N–H and O–H groups in total. The largest absolute Gasteiger partial charge is 0.326 e. The minimum Gasteiger partial charge on any atom is -0.326 e. The zero-order chi connectivity index (χ0) is 21.2. The van der Waals surface area contributed by atoms with Gasteiger partial charge in [-0.05, 0) is 47.4 Å². The number of amides is 3. The van der Waals surface area contributed by atoms with Crippen LogP contribution in [0.25, 0.3) is 0 Å². The van der Waals surface area contributed by atoms with E-state index in [1.807, 2.05) is 24.3 Å². The molecule has 1 aliphatic heterocycles. The second-order valence-electron chi connectivity index (χ2n) is 8.45. The van der Waals surface area contributed by atoms with Crippen molar-refractivity contribution in [3.63, 3.8) is 0 Å². The van der Waals surface area contributed by atoms with E-state index in [2.05, 4.69) is 31.4 Å². The average Bonchev–Trinajstić information content (AvgIpc) is 3.04. The Hall–Kier alpha value is -3.15. The van der Waals surface area contributed by atoms with Crippen LogP contribution in [0.4, 0.5) is 17.1 Å². The van der Waals surface area contributed by atoms with Gasteiger partial charge in [-0.15, -0.1) is 0 Å². The van der Waals surface area contributed by atoms with E-state index in [1.165, 1.54) is 12.5 Å². The summed E-state index contributed by atoms with van der Waals surface area (Å²) in [5, 5.41) is 5.54. The van der Waals surface area contributed by atoms with Gasteiger partial charge in [-0.2, -0.15) is 0 Å². The molecule has 0 bridgehead atoms. The van der Waals surface area contributed by atoms with Crippen molar-refractivity contribution in [1.82, 2.24) is 0 Å². The van der Waals surface area contributed by atoms with Crippen LogP contribution in [0.2, 0.25) is 0 Å². The third-order valence-corrected chi connectivity index (χ3v) is 5.01. The molecular weight excluding hydrogens is 366 g/mol. The van der Waals surface area contributed by atoms with Crippen LogP contribution >= 0.6 is 0 Å². The minimum atomic E-state index is -0.403. The summed E-state index contributed by atoms with van der Waals surface area (Å²) in [5.41, 5.74) is 3.36. The number of hydrogen-bond donors (Lipinski definition) is 2. The van der Waals surface area contributed by atoms with Gasteiger partial charge in [0, 0.05) is 37.0 Å². The van der Waals surface area contributed by atoms with Crippen LogP contribution < -0.4 is 15.5 Å². The number of nitrogens with one attached hydrogen (secondary N) is 2. The lowest BCUT2D eigenvalue weighted by Crippen LogP contribution is -2.28. The molecule has 1 atom stereocenters. The fourth-order valence-electron chi connectivity index (χ4n) is 3.36. The maximum atomic E-state index is 12.6. The first-order valence-corrected chi connectivity index (χ1v) is 9.73. The molecule has 2 aromatic rings. The zero-order valence-electron chi connectivity index (χ0n) is 17.3. The van der Waals surface area contributed by atoms with Crippen molar-refractivity contribution in [3.05, 3.63) is 54.1 Å². The predicted molar refractivity (Wildman–Crippen MR) is 115 cm³/mol. The molecule has 3 rings (SSSR count). The van der Waals surface area contributed by atoms with Gasteiger partial charge < -0.3 is 15.5 Å². The molecule has 3 amide bonds. The summed E-state index contributed by atoms with van der Waals surface area (Å²) >= 11 is 0. The predicted octanol–water partition coefficient (Wildman–Crippen LogP) is 3.93. The van der Waals surface area contributed by atoms with Crippen molar-refractivity contribution in [2.45, 2.75) is 39.5 Å². The highest BCUT2D eigenvalue weighted by Crippen LogP contribution is 2.29. The Balaban J connectivity index is 1.63. The second kappa shape index (κ2) is 8.07. The summed E-state index contributed by atoms with van der Waals surface area (Å²) in [6, 6.07) is 14.9. The molecule has 0 spiro atoms. The van der Waals surface area contributed by atoms with Crippen LogP contribution in [0, 0.1) is 5.92 Å². The molecule has 1 aliphatic rings. The first-order chi connectivity index (χ1) is 13.6. The van der Waals surface area contributed by atoms with Crippen molar-refractivity contribution in [3.8, 4) is 0 Å². The van der Waals surface area contributed by atoms with Crippen molar-refractivity contribution in [2.75, 3.05) is 22.1 Å². The molecule has 152 valence electrons. The molecule has 0 aliphatic carbocycles. The van der Waals surface area contributed by atoms with E-state index in [1.54, 1.807) is 29.2 Å². The van der Waals surface area contributed by atoms with Crippen LogP contribution in [0.5, 0.6) is 0 Å². The minimum absolute atomic E-state index is 0.0466. The molecule has 0 aromatic heterocycles. The number of benzene rings is 2. The number of anilines is 3. The fraction of sp³-hybridized carbons (Fsp3) is 0.348. The molecule has 0 radical (unpaired) electrons. The summed E-state index contributed by atoms with van der Waals surface area (Å²) in [6.07, 6.45) is 0.191. The summed E-state index contributed by atoms with van der Waals surface area (Å²) in [7, 11) is 0. The summed E-state index contributed by atoms with van der Waals surface area (Å²) in [6.45, 7) is 8.24. The molecule has 6 nitrogen and oxygen atoms in total. The van der Waals surface area contributed by atoms with Gasteiger partial charge >= 0.3 is 0 Å².